The van der Waals surface area contributed by atoms with Gasteiger partial charge in [0.1, 0.15) is 11.1 Å². The summed E-state index contributed by atoms with van der Waals surface area (Å²) in [5.41, 5.74) is 1.27. The second-order valence-corrected chi connectivity index (χ2v) is 7.09. The van der Waals surface area contributed by atoms with E-state index in [-0.39, 0.29) is 12.2 Å². The van der Waals surface area contributed by atoms with Gasteiger partial charge in [0.2, 0.25) is 5.13 Å². The standard InChI is InChI=1S/C17H21N3O2S/c1-2-5-13(6-3-1)11-16-18-19-17(23-16)20-8-10-22-15(12-20)14-7-4-9-21-14/h1-3,5-6,14-15H,4,7-12H2. The van der Waals surface area contributed by atoms with E-state index in [1.54, 1.807) is 11.3 Å². The number of nitrogens with zero attached hydrogens (tertiary/aromatic N) is 3. The summed E-state index contributed by atoms with van der Waals surface area (Å²) in [5, 5.41) is 10.8. The van der Waals surface area contributed by atoms with E-state index in [0.29, 0.717) is 0 Å². The third kappa shape index (κ3) is 3.54. The molecule has 2 unspecified atom stereocenters. The van der Waals surface area contributed by atoms with Crippen molar-refractivity contribution in [3.05, 3.63) is 40.9 Å². The third-order valence-electron chi connectivity index (χ3n) is 4.40. The van der Waals surface area contributed by atoms with Crippen molar-refractivity contribution in [2.24, 2.45) is 0 Å². The molecule has 0 spiro atoms. The SMILES string of the molecule is c1ccc(Cc2nnc(N3CCOC(C4CCCO4)C3)s2)cc1. The molecule has 3 heterocycles. The molecule has 2 aromatic rings. The quantitative estimate of drug-likeness (QED) is 0.861. The largest absolute Gasteiger partial charge is 0.375 e. The second-order valence-electron chi connectivity index (χ2n) is 6.05. The van der Waals surface area contributed by atoms with Gasteiger partial charge in [-0.15, -0.1) is 10.2 Å². The molecule has 4 rings (SSSR count). The summed E-state index contributed by atoms with van der Waals surface area (Å²) in [6, 6.07) is 10.4. The molecule has 23 heavy (non-hydrogen) atoms. The summed E-state index contributed by atoms with van der Waals surface area (Å²) in [6.45, 7) is 3.33. The fourth-order valence-electron chi connectivity index (χ4n) is 3.18. The minimum absolute atomic E-state index is 0.160. The van der Waals surface area contributed by atoms with Crippen LogP contribution < -0.4 is 4.90 Å². The first-order chi connectivity index (χ1) is 11.4. The van der Waals surface area contributed by atoms with Crippen LogP contribution in [0.4, 0.5) is 5.13 Å². The van der Waals surface area contributed by atoms with Gasteiger partial charge in [0, 0.05) is 26.1 Å². The molecule has 2 aliphatic heterocycles. The Bertz CT molecular complexity index is 628. The molecule has 2 atom stereocenters. The third-order valence-corrected chi connectivity index (χ3v) is 5.38. The molecule has 2 aliphatic rings. The Morgan fingerprint density at radius 1 is 1.09 bits per heavy atom. The van der Waals surface area contributed by atoms with Crippen LogP contribution in [0.3, 0.4) is 0 Å². The first kappa shape index (κ1) is 15.1. The number of hydrogen-bond acceptors (Lipinski definition) is 6. The van der Waals surface area contributed by atoms with E-state index >= 15 is 0 Å². The van der Waals surface area contributed by atoms with Crippen molar-refractivity contribution in [2.45, 2.75) is 31.5 Å². The molecular formula is C17H21N3O2S. The van der Waals surface area contributed by atoms with E-state index in [1.165, 1.54) is 5.56 Å². The molecule has 0 radical (unpaired) electrons. The van der Waals surface area contributed by atoms with Gasteiger partial charge in [0.05, 0.1) is 12.7 Å². The number of ether oxygens (including phenoxy) is 2. The first-order valence-corrected chi connectivity index (χ1v) is 9.04. The van der Waals surface area contributed by atoms with Crippen molar-refractivity contribution in [3.63, 3.8) is 0 Å². The average Bonchev–Trinajstić information content (AvgIpc) is 3.28. The molecule has 2 fully saturated rings. The molecule has 2 saturated heterocycles. The van der Waals surface area contributed by atoms with Gasteiger partial charge in [0.15, 0.2) is 0 Å². The highest BCUT2D eigenvalue weighted by Gasteiger charge is 2.32. The molecule has 6 heteroatoms. The lowest BCUT2D eigenvalue weighted by atomic mass is 10.1. The number of morpholine rings is 1. The fourth-order valence-corrected chi connectivity index (χ4v) is 4.09. The monoisotopic (exact) mass is 331 g/mol. The van der Waals surface area contributed by atoms with Gasteiger partial charge in [0.25, 0.3) is 0 Å². The van der Waals surface area contributed by atoms with Gasteiger partial charge in [-0.05, 0) is 18.4 Å². The minimum atomic E-state index is 0.160. The maximum absolute atomic E-state index is 5.91. The van der Waals surface area contributed by atoms with Crippen molar-refractivity contribution < 1.29 is 9.47 Å². The first-order valence-electron chi connectivity index (χ1n) is 8.23. The smallest absolute Gasteiger partial charge is 0.208 e. The molecule has 1 aromatic heterocycles. The van der Waals surface area contributed by atoms with Crippen LogP contribution in [0.5, 0.6) is 0 Å². The number of hydrogen-bond donors (Lipinski definition) is 0. The van der Waals surface area contributed by atoms with Crippen LogP contribution in [-0.2, 0) is 15.9 Å². The minimum Gasteiger partial charge on any atom is -0.375 e. The normalized spacial score (nSPS) is 25.0. The Kier molecular flexibility index (Phi) is 4.55. The summed E-state index contributed by atoms with van der Waals surface area (Å²) in [6.07, 6.45) is 3.50. The van der Waals surface area contributed by atoms with E-state index in [1.807, 2.05) is 6.07 Å². The van der Waals surface area contributed by atoms with E-state index in [2.05, 4.69) is 39.4 Å². The lowest BCUT2D eigenvalue weighted by Gasteiger charge is -2.34. The molecule has 0 N–H and O–H groups in total. The van der Waals surface area contributed by atoms with Gasteiger partial charge in [-0.1, -0.05) is 41.7 Å². The Labute approximate surface area is 140 Å². The molecule has 5 nitrogen and oxygen atoms in total. The predicted octanol–water partition coefficient (Wildman–Crippen LogP) is 2.51. The Morgan fingerprint density at radius 2 is 1.96 bits per heavy atom. The van der Waals surface area contributed by atoms with Crippen LogP contribution in [0.2, 0.25) is 0 Å². The number of anilines is 1. The lowest BCUT2D eigenvalue weighted by molar-refractivity contribution is -0.0543. The highest BCUT2D eigenvalue weighted by molar-refractivity contribution is 7.15. The Morgan fingerprint density at radius 3 is 2.78 bits per heavy atom. The van der Waals surface area contributed by atoms with Crippen LogP contribution in [0, 0.1) is 0 Å². The Hall–Kier alpha value is -1.50. The second kappa shape index (κ2) is 6.95. The zero-order valence-corrected chi connectivity index (χ0v) is 13.9. The summed E-state index contributed by atoms with van der Waals surface area (Å²) in [4.78, 5) is 2.29. The van der Waals surface area contributed by atoms with Gasteiger partial charge in [-0.25, -0.2) is 0 Å². The Balaban J connectivity index is 1.41. The maximum atomic E-state index is 5.91. The summed E-state index contributed by atoms with van der Waals surface area (Å²) in [7, 11) is 0. The van der Waals surface area contributed by atoms with E-state index in [4.69, 9.17) is 9.47 Å². The van der Waals surface area contributed by atoms with Crippen molar-refractivity contribution in [3.8, 4) is 0 Å². The molecule has 1 aromatic carbocycles. The van der Waals surface area contributed by atoms with Crippen molar-refractivity contribution in [1.82, 2.24) is 10.2 Å². The van der Waals surface area contributed by atoms with Crippen LogP contribution in [-0.4, -0.2) is 48.7 Å². The van der Waals surface area contributed by atoms with Crippen molar-refractivity contribution >= 4 is 16.5 Å². The summed E-state index contributed by atoms with van der Waals surface area (Å²) >= 11 is 1.69. The number of aromatic nitrogens is 2. The van der Waals surface area contributed by atoms with E-state index in [9.17, 15) is 0 Å². The highest BCUT2D eigenvalue weighted by Crippen LogP contribution is 2.27. The predicted molar refractivity (Wildman–Crippen MR) is 90.1 cm³/mol. The maximum Gasteiger partial charge on any atom is 0.208 e. The van der Waals surface area contributed by atoms with Crippen molar-refractivity contribution in [2.75, 3.05) is 31.2 Å². The van der Waals surface area contributed by atoms with E-state index < -0.39 is 0 Å². The fraction of sp³-hybridized carbons (Fsp3) is 0.529. The molecule has 122 valence electrons. The zero-order valence-electron chi connectivity index (χ0n) is 13.1. The van der Waals surface area contributed by atoms with Gasteiger partial charge < -0.3 is 14.4 Å². The van der Waals surface area contributed by atoms with Crippen LogP contribution >= 0.6 is 11.3 Å². The summed E-state index contributed by atoms with van der Waals surface area (Å²) < 4.78 is 11.7. The number of benzene rings is 1. The van der Waals surface area contributed by atoms with Gasteiger partial charge in [-0.3, -0.25) is 0 Å². The highest BCUT2D eigenvalue weighted by atomic mass is 32.1. The molecular weight excluding hydrogens is 310 g/mol. The molecule has 0 aliphatic carbocycles. The molecule has 0 amide bonds. The van der Waals surface area contributed by atoms with Gasteiger partial charge in [-0.2, -0.15) is 0 Å². The number of rotatable bonds is 4. The topological polar surface area (TPSA) is 47.5 Å². The van der Waals surface area contributed by atoms with Crippen LogP contribution in [0.1, 0.15) is 23.4 Å². The average molecular weight is 331 g/mol. The molecule has 0 saturated carbocycles. The lowest BCUT2D eigenvalue weighted by Crippen LogP contribution is -2.47. The van der Waals surface area contributed by atoms with Crippen molar-refractivity contribution in [1.29, 1.82) is 0 Å². The van der Waals surface area contributed by atoms with Crippen LogP contribution in [0.25, 0.3) is 0 Å². The van der Waals surface area contributed by atoms with Crippen LogP contribution in [0.15, 0.2) is 30.3 Å². The summed E-state index contributed by atoms with van der Waals surface area (Å²) in [5.74, 6) is 0. The van der Waals surface area contributed by atoms with Gasteiger partial charge >= 0.3 is 0 Å². The molecule has 0 bridgehead atoms. The zero-order chi connectivity index (χ0) is 15.5. The van der Waals surface area contributed by atoms with E-state index in [0.717, 1.165) is 55.7 Å².